The van der Waals surface area contributed by atoms with Gasteiger partial charge in [0.15, 0.2) is 0 Å². The molecule has 112 heavy (non-hydrogen) atoms. The zero-order valence-electron chi connectivity index (χ0n) is 61.5. The smallest absolute Gasteiger partial charge is 0.0540 e. The SMILES string of the molecule is c1ccc2cc(N(c3ccc(-c4ccc(-c5ccc(N(c6ccc7ccccc7c6)c6ccc7ccccc7c6)cc5)cc4)cc3)c3ccc4ccccc4c3)ccc2c1.c1ccc2cc(N(c3ccc4cc(N(c5ccc6ccccc6c5)c5cccc6ccccc56)ccc4c3)c3cccc4ccccc34)ccc2c1. The van der Waals surface area contributed by atoms with Crippen molar-refractivity contribution >= 4 is 165 Å². The molecular weight excluding hydrogens is 1350 g/mol. The van der Waals surface area contributed by atoms with E-state index in [2.05, 4.69) is 469 Å². The molecule has 4 nitrogen and oxygen atoms in total. The Morgan fingerprint density at radius 2 is 0.277 bits per heavy atom. The van der Waals surface area contributed by atoms with Crippen LogP contribution in [0.1, 0.15) is 0 Å². The molecule has 0 aliphatic heterocycles. The van der Waals surface area contributed by atoms with E-state index in [-0.39, 0.29) is 0 Å². The number of benzene rings is 21. The molecule has 0 fully saturated rings. The van der Waals surface area contributed by atoms with Gasteiger partial charge in [-0.15, -0.1) is 0 Å². The summed E-state index contributed by atoms with van der Waals surface area (Å²) in [5.74, 6) is 0. The number of hydrogen-bond donors (Lipinski definition) is 0. The lowest BCUT2D eigenvalue weighted by atomic mass is 9.99. The first-order valence-corrected chi connectivity index (χ1v) is 38.4. The largest absolute Gasteiger partial charge is 0.310 e. The van der Waals surface area contributed by atoms with Gasteiger partial charge in [-0.2, -0.15) is 0 Å². The van der Waals surface area contributed by atoms with E-state index < -0.39 is 0 Å². The molecule has 0 N–H and O–H groups in total. The Morgan fingerprint density at radius 3 is 0.527 bits per heavy atom. The van der Waals surface area contributed by atoms with E-state index in [1.54, 1.807) is 0 Å². The fraction of sp³-hybridized carbons (Fsp3) is 0. The fourth-order valence-corrected chi connectivity index (χ4v) is 16.4. The highest BCUT2D eigenvalue weighted by molar-refractivity contribution is 6.05. The molecule has 0 bridgehead atoms. The third kappa shape index (κ3) is 13.0. The summed E-state index contributed by atoms with van der Waals surface area (Å²) in [6, 6.07) is 163. The highest BCUT2D eigenvalue weighted by atomic mass is 15.2. The molecule has 526 valence electrons. The van der Waals surface area contributed by atoms with E-state index in [1.807, 2.05) is 0 Å². The van der Waals surface area contributed by atoms with Crippen LogP contribution in [-0.4, -0.2) is 0 Å². The second-order valence-corrected chi connectivity index (χ2v) is 28.9. The topological polar surface area (TPSA) is 13.0 Å². The Balaban J connectivity index is 0.000000147. The van der Waals surface area contributed by atoms with E-state index in [9.17, 15) is 0 Å². The Kier molecular flexibility index (Phi) is 17.3. The van der Waals surface area contributed by atoms with Gasteiger partial charge in [0.05, 0.1) is 11.4 Å². The zero-order chi connectivity index (χ0) is 74.3. The van der Waals surface area contributed by atoms with Crippen LogP contribution in [0.5, 0.6) is 0 Å². The van der Waals surface area contributed by atoms with Gasteiger partial charge in [-0.25, -0.2) is 0 Å². The molecular formula is C108H74N4. The van der Waals surface area contributed by atoms with Crippen LogP contribution in [0.2, 0.25) is 0 Å². The van der Waals surface area contributed by atoms with Gasteiger partial charge in [0.25, 0.3) is 0 Å². The molecule has 0 heterocycles. The standard InChI is InChI=1S/C58H40N2.C50H34N2/c1-5-13-49-37-55(33-25-41(49)9-1)59(56-34-26-42-10-2-6-14-50(42)38-56)53-29-21-47(22-30-53)45-17-19-46(20-18-45)48-23-31-54(32-24-48)60(57-35-27-43-11-3-7-15-51(43)39-57)58-36-28-44-12-4-8-16-52(44)40-58;1-3-15-39-31-43(27-23-35(39)11-1)51(49-21-9-17-37-13-5-7-19-47(37)49)45-29-25-42-34-46(30-26-41(42)33-45)52(44-28-24-36-12-2-4-16-40(36)32-44)50-22-10-18-38-14-6-8-20-48(38)50/h1-40H;1-34H. The van der Waals surface area contributed by atoms with Gasteiger partial charge in [0.1, 0.15) is 0 Å². The minimum absolute atomic E-state index is 1.11. The van der Waals surface area contributed by atoms with Crippen molar-refractivity contribution in [1.29, 1.82) is 0 Å². The lowest BCUT2D eigenvalue weighted by molar-refractivity contribution is 1.29. The van der Waals surface area contributed by atoms with Gasteiger partial charge in [0, 0.05) is 67.6 Å². The summed E-state index contributed by atoms with van der Waals surface area (Å²) >= 11 is 0. The van der Waals surface area contributed by atoms with E-state index in [1.165, 1.54) is 119 Å². The average Bonchev–Trinajstić information content (AvgIpc) is 0.765. The van der Waals surface area contributed by atoms with Crippen LogP contribution in [0.4, 0.5) is 68.2 Å². The lowest BCUT2D eigenvalue weighted by Gasteiger charge is -2.28. The molecule has 0 spiro atoms. The summed E-state index contributed by atoms with van der Waals surface area (Å²) in [5.41, 5.74) is 18.3. The second-order valence-electron chi connectivity index (χ2n) is 28.9. The molecule has 0 radical (unpaired) electrons. The number of anilines is 12. The molecule has 0 saturated heterocycles. The summed E-state index contributed by atoms with van der Waals surface area (Å²) in [6.45, 7) is 0. The number of hydrogen-bond acceptors (Lipinski definition) is 4. The minimum atomic E-state index is 1.11. The number of fused-ring (bicyclic) bond motifs is 9. The molecule has 4 heteroatoms. The Bertz CT molecular complexity index is 6510. The molecule has 0 saturated carbocycles. The van der Waals surface area contributed by atoms with Crippen LogP contribution in [0, 0.1) is 0 Å². The quantitative estimate of drug-likeness (QED) is 0.108. The first-order chi connectivity index (χ1) is 55.5. The third-order valence-corrected chi connectivity index (χ3v) is 22.1. The van der Waals surface area contributed by atoms with Gasteiger partial charge in [0.2, 0.25) is 0 Å². The maximum Gasteiger partial charge on any atom is 0.0540 e. The third-order valence-electron chi connectivity index (χ3n) is 22.1. The first-order valence-electron chi connectivity index (χ1n) is 38.4. The Hall–Kier alpha value is -14.8. The first kappa shape index (κ1) is 66.6. The summed E-state index contributed by atoms with van der Waals surface area (Å²) < 4.78 is 0. The molecule has 0 aromatic heterocycles. The summed E-state index contributed by atoms with van der Waals surface area (Å²) in [7, 11) is 0. The van der Waals surface area contributed by atoms with Crippen molar-refractivity contribution in [3.63, 3.8) is 0 Å². The summed E-state index contributed by atoms with van der Waals surface area (Å²) in [5, 5.41) is 22.0. The highest BCUT2D eigenvalue weighted by Gasteiger charge is 2.22. The molecule has 0 aliphatic rings. The minimum Gasteiger partial charge on any atom is -0.310 e. The van der Waals surface area contributed by atoms with Crippen molar-refractivity contribution < 1.29 is 0 Å². The molecule has 0 atom stereocenters. The van der Waals surface area contributed by atoms with E-state index in [4.69, 9.17) is 0 Å². The molecule has 21 aromatic carbocycles. The normalized spacial score (nSPS) is 11.4. The molecule has 21 rings (SSSR count). The second kappa shape index (κ2) is 29.0. The maximum absolute atomic E-state index is 2.40. The number of nitrogens with zero attached hydrogens (tertiary/aromatic N) is 4. The van der Waals surface area contributed by atoms with Crippen molar-refractivity contribution in [3.05, 3.63) is 449 Å². The van der Waals surface area contributed by atoms with Gasteiger partial charge < -0.3 is 19.6 Å². The van der Waals surface area contributed by atoms with Gasteiger partial charge in [-0.1, -0.05) is 315 Å². The Morgan fingerprint density at radius 1 is 0.107 bits per heavy atom. The van der Waals surface area contributed by atoms with Crippen LogP contribution in [0.3, 0.4) is 0 Å². The average molecular weight is 1430 g/mol. The van der Waals surface area contributed by atoms with E-state index >= 15 is 0 Å². The van der Waals surface area contributed by atoms with Crippen molar-refractivity contribution in [2.45, 2.75) is 0 Å². The summed E-state index contributed by atoms with van der Waals surface area (Å²) in [6.07, 6.45) is 0. The zero-order valence-corrected chi connectivity index (χ0v) is 61.5. The van der Waals surface area contributed by atoms with E-state index in [0.29, 0.717) is 0 Å². The predicted molar refractivity (Wildman–Crippen MR) is 480 cm³/mol. The van der Waals surface area contributed by atoms with Crippen LogP contribution in [0.15, 0.2) is 449 Å². The maximum atomic E-state index is 2.40. The highest BCUT2D eigenvalue weighted by Crippen LogP contribution is 2.46. The lowest BCUT2D eigenvalue weighted by Crippen LogP contribution is -2.11. The van der Waals surface area contributed by atoms with Gasteiger partial charge >= 0.3 is 0 Å². The summed E-state index contributed by atoms with van der Waals surface area (Å²) in [4.78, 5) is 9.52. The van der Waals surface area contributed by atoms with Crippen molar-refractivity contribution in [3.8, 4) is 22.3 Å². The van der Waals surface area contributed by atoms with Crippen molar-refractivity contribution in [2.75, 3.05) is 19.6 Å². The molecule has 0 amide bonds. The van der Waals surface area contributed by atoms with Crippen LogP contribution < -0.4 is 19.6 Å². The van der Waals surface area contributed by atoms with Crippen molar-refractivity contribution in [1.82, 2.24) is 0 Å². The monoisotopic (exact) mass is 1430 g/mol. The fourth-order valence-electron chi connectivity index (χ4n) is 16.4. The van der Waals surface area contributed by atoms with Crippen molar-refractivity contribution in [2.24, 2.45) is 0 Å². The molecule has 0 aliphatic carbocycles. The van der Waals surface area contributed by atoms with Gasteiger partial charge in [-0.3, -0.25) is 0 Å². The Labute approximate surface area is 651 Å². The van der Waals surface area contributed by atoms with Crippen LogP contribution in [-0.2, 0) is 0 Å². The number of rotatable bonds is 14. The van der Waals surface area contributed by atoms with Crippen LogP contribution >= 0.6 is 0 Å². The molecule has 21 aromatic rings. The molecule has 0 unspecified atom stereocenters. The van der Waals surface area contributed by atoms with Gasteiger partial charge in [-0.05, 0) is 242 Å². The predicted octanol–water partition coefficient (Wildman–Crippen LogP) is 31.0. The van der Waals surface area contributed by atoms with E-state index in [0.717, 1.165) is 68.2 Å². The van der Waals surface area contributed by atoms with Crippen LogP contribution in [0.25, 0.3) is 119 Å².